The van der Waals surface area contributed by atoms with Crippen molar-refractivity contribution in [3.8, 4) is 11.3 Å². The number of ether oxygens (including phenoxy) is 1. The van der Waals surface area contributed by atoms with E-state index in [0.717, 1.165) is 17.7 Å². The van der Waals surface area contributed by atoms with Crippen LogP contribution in [0.15, 0.2) is 36.4 Å². The molecule has 1 fully saturated rings. The number of likely N-dealkylation sites (tertiary alicyclic amines) is 1. The van der Waals surface area contributed by atoms with Crippen molar-refractivity contribution >= 4 is 23.6 Å². The number of methoxy groups -OCH3 is 1. The summed E-state index contributed by atoms with van der Waals surface area (Å²) >= 11 is 1.54. The van der Waals surface area contributed by atoms with Gasteiger partial charge in [0.2, 0.25) is 0 Å². The van der Waals surface area contributed by atoms with E-state index in [9.17, 15) is 9.59 Å². The van der Waals surface area contributed by atoms with Gasteiger partial charge >= 0.3 is 5.97 Å². The first-order chi connectivity index (χ1) is 11.7. The molecule has 3 rings (SSSR count). The lowest BCUT2D eigenvalue weighted by molar-refractivity contribution is -0.137. The molecule has 1 N–H and O–H groups in total. The minimum atomic E-state index is -0.231. The van der Waals surface area contributed by atoms with Gasteiger partial charge in [0, 0.05) is 23.9 Å². The molecule has 1 aliphatic rings. The number of aromatic amines is 1. The van der Waals surface area contributed by atoms with Crippen molar-refractivity contribution in [3.63, 3.8) is 0 Å². The van der Waals surface area contributed by atoms with Crippen LogP contribution in [0.3, 0.4) is 0 Å². The Morgan fingerprint density at radius 2 is 2.17 bits per heavy atom. The minimum absolute atomic E-state index is 0.0501. The average molecular weight is 345 g/mol. The van der Waals surface area contributed by atoms with Crippen LogP contribution in [0.2, 0.25) is 0 Å². The second-order valence-corrected chi connectivity index (χ2v) is 6.87. The molecule has 7 heteroatoms. The lowest BCUT2D eigenvalue weighted by Gasteiger charge is -2.15. The molecule has 1 amide bonds. The van der Waals surface area contributed by atoms with E-state index in [2.05, 4.69) is 14.9 Å². The Bertz CT molecular complexity index is 717. The third kappa shape index (κ3) is 3.79. The number of aromatic nitrogens is 2. The maximum Gasteiger partial charge on any atom is 0.315 e. The van der Waals surface area contributed by atoms with Gasteiger partial charge in [-0.15, -0.1) is 11.8 Å². The molecule has 2 heterocycles. The molecule has 0 bridgehead atoms. The fourth-order valence-electron chi connectivity index (χ4n) is 2.65. The SMILES string of the molecule is COC(=O)CS[C@H]1CCN(C(=O)c2cc(-c3ccccc3)n[nH]2)C1. The molecule has 0 unspecified atom stereocenters. The van der Waals surface area contributed by atoms with E-state index in [1.165, 1.54) is 7.11 Å². The van der Waals surface area contributed by atoms with Crippen LogP contribution in [0.5, 0.6) is 0 Å². The van der Waals surface area contributed by atoms with Crippen LogP contribution < -0.4 is 0 Å². The molecule has 0 radical (unpaired) electrons. The highest BCUT2D eigenvalue weighted by Gasteiger charge is 2.28. The van der Waals surface area contributed by atoms with E-state index in [0.29, 0.717) is 24.5 Å². The predicted octanol–water partition coefficient (Wildman–Crippen LogP) is 2.20. The highest BCUT2D eigenvalue weighted by molar-refractivity contribution is 8.00. The number of H-pyrrole nitrogens is 1. The van der Waals surface area contributed by atoms with Gasteiger partial charge in [-0.3, -0.25) is 14.7 Å². The molecule has 0 aliphatic carbocycles. The van der Waals surface area contributed by atoms with Gasteiger partial charge in [0.05, 0.1) is 18.6 Å². The number of thioether (sulfide) groups is 1. The first-order valence-corrected chi connectivity index (χ1v) is 8.81. The molecule has 126 valence electrons. The first kappa shape index (κ1) is 16.6. The molecule has 24 heavy (non-hydrogen) atoms. The van der Waals surface area contributed by atoms with E-state index in [1.54, 1.807) is 22.7 Å². The Balaban J connectivity index is 1.59. The molecule has 1 aromatic heterocycles. The lowest BCUT2D eigenvalue weighted by Crippen LogP contribution is -2.29. The van der Waals surface area contributed by atoms with Gasteiger partial charge in [0.15, 0.2) is 0 Å². The Hall–Kier alpha value is -2.28. The van der Waals surface area contributed by atoms with Gasteiger partial charge in [-0.2, -0.15) is 5.10 Å². The minimum Gasteiger partial charge on any atom is -0.468 e. The summed E-state index contributed by atoms with van der Waals surface area (Å²) in [7, 11) is 1.38. The van der Waals surface area contributed by atoms with E-state index >= 15 is 0 Å². The van der Waals surface area contributed by atoms with Gasteiger partial charge in [-0.1, -0.05) is 30.3 Å². The number of nitrogens with zero attached hydrogens (tertiary/aromatic N) is 2. The fourth-order valence-corrected chi connectivity index (χ4v) is 3.70. The number of carbonyl (C=O) groups excluding carboxylic acids is 2. The van der Waals surface area contributed by atoms with Crippen LogP contribution in [0, 0.1) is 0 Å². The second kappa shape index (κ2) is 7.53. The number of nitrogens with one attached hydrogen (secondary N) is 1. The van der Waals surface area contributed by atoms with E-state index in [1.807, 2.05) is 30.3 Å². The number of hydrogen-bond donors (Lipinski definition) is 1. The van der Waals surface area contributed by atoms with E-state index < -0.39 is 0 Å². The molecule has 1 atom stereocenters. The molecule has 2 aromatic rings. The second-order valence-electron chi connectivity index (χ2n) is 5.58. The smallest absolute Gasteiger partial charge is 0.315 e. The number of rotatable bonds is 5. The van der Waals surface area contributed by atoms with Crippen molar-refractivity contribution in [2.75, 3.05) is 26.0 Å². The summed E-state index contributed by atoms with van der Waals surface area (Å²) in [6.45, 7) is 1.33. The van der Waals surface area contributed by atoms with Gasteiger partial charge < -0.3 is 9.64 Å². The monoisotopic (exact) mass is 345 g/mol. The molecule has 1 saturated heterocycles. The van der Waals surface area contributed by atoms with Gasteiger partial charge in [-0.05, 0) is 12.5 Å². The first-order valence-electron chi connectivity index (χ1n) is 7.76. The zero-order valence-electron chi connectivity index (χ0n) is 13.4. The molecule has 0 saturated carbocycles. The van der Waals surface area contributed by atoms with Crippen molar-refractivity contribution in [3.05, 3.63) is 42.1 Å². The Morgan fingerprint density at radius 3 is 2.92 bits per heavy atom. The van der Waals surface area contributed by atoms with Crippen molar-refractivity contribution in [2.45, 2.75) is 11.7 Å². The van der Waals surface area contributed by atoms with Gasteiger partial charge in [0.1, 0.15) is 5.69 Å². The summed E-state index contributed by atoms with van der Waals surface area (Å²) in [5.41, 5.74) is 2.22. The van der Waals surface area contributed by atoms with Crippen LogP contribution >= 0.6 is 11.8 Å². The number of esters is 1. The molecule has 1 aliphatic heterocycles. The van der Waals surface area contributed by atoms with Crippen molar-refractivity contribution in [1.82, 2.24) is 15.1 Å². The van der Waals surface area contributed by atoms with Crippen LogP contribution in [-0.2, 0) is 9.53 Å². The summed E-state index contributed by atoms with van der Waals surface area (Å²) in [4.78, 5) is 25.6. The maximum absolute atomic E-state index is 12.6. The lowest BCUT2D eigenvalue weighted by atomic mass is 10.1. The standard InChI is InChI=1S/C17H19N3O3S/c1-23-16(21)11-24-13-7-8-20(10-13)17(22)15-9-14(18-19-15)12-5-3-2-4-6-12/h2-6,9,13H,7-8,10-11H2,1H3,(H,18,19)/t13-/m0/s1. The van der Waals surface area contributed by atoms with Crippen molar-refractivity contribution < 1.29 is 14.3 Å². The average Bonchev–Trinajstić information content (AvgIpc) is 3.29. The number of carbonyl (C=O) groups is 2. The number of hydrogen-bond acceptors (Lipinski definition) is 5. The van der Waals surface area contributed by atoms with Crippen LogP contribution in [0.4, 0.5) is 0 Å². The van der Waals surface area contributed by atoms with Gasteiger partial charge in [-0.25, -0.2) is 0 Å². The molecular formula is C17H19N3O3S. The summed E-state index contributed by atoms with van der Waals surface area (Å²) in [5, 5.41) is 7.33. The Kier molecular flexibility index (Phi) is 5.20. The zero-order chi connectivity index (χ0) is 16.9. The molecular weight excluding hydrogens is 326 g/mol. The van der Waals surface area contributed by atoms with Crippen molar-refractivity contribution in [2.24, 2.45) is 0 Å². The largest absolute Gasteiger partial charge is 0.468 e. The van der Waals surface area contributed by atoms with Crippen LogP contribution in [0.25, 0.3) is 11.3 Å². The van der Waals surface area contributed by atoms with Crippen molar-refractivity contribution in [1.29, 1.82) is 0 Å². The number of amides is 1. The highest BCUT2D eigenvalue weighted by Crippen LogP contribution is 2.24. The van der Waals surface area contributed by atoms with Gasteiger partial charge in [0.25, 0.3) is 5.91 Å². The Labute approximate surface area is 144 Å². The maximum atomic E-state index is 12.6. The zero-order valence-corrected chi connectivity index (χ0v) is 14.2. The van der Waals surface area contributed by atoms with Crippen LogP contribution in [-0.4, -0.2) is 58.2 Å². The van der Waals surface area contributed by atoms with E-state index in [-0.39, 0.29) is 17.1 Å². The molecule has 0 spiro atoms. The normalized spacial score (nSPS) is 17.0. The highest BCUT2D eigenvalue weighted by atomic mass is 32.2. The predicted molar refractivity (Wildman–Crippen MR) is 92.8 cm³/mol. The van der Waals surface area contributed by atoms with E-state index in [4.69, 9.17) is 0 Å². The topological polar surface area (TPSA) is 75.3 Å². The summed E-state index contributed by atoms with van der Waals surface area (Å²) in [6.07, 6.45) is 0.882. The summed E-state index contributed by atoms with van der Waals surface area (Å²) < 4.78 is 4.64. The van der Waals surface area contributed by atoms with Crippen LogP contribution in [0.1, 0.15) is 16.9 Å². The third-order valence-corrected chi connectivity index (χ3v) is 5.23. The fraction of sp³-hybridized carbons (Fsp3) is 0.353. The number of benzene rings is 1. The Morgan fingerprint density at radius 1 is 1.38 bits per heavy atom. The third-order valence-electron chi connectivity index (χ3n) is 3.97. The molecule has 6 nitrogen and oxygen atoms in total. The molecule has 1 aromatic carbocycles. The quantitative estimate of drug-likeness (QED) is 0.841. The summed E-state index contributed by atoms with van der Waals surface area (Å²) in [6, 6.07) is 11.5. The summed E-state index contributed by atoms with van der Waals surface area (Å²) in [5.74, 6) is 0.0440.